The fraction of sp³-hybridized carbons (Fsp3) is 0.423. The molecule has 0 fully saturated rings. The van der Waals surface area contributed by atoms with Crippen molar-refractivity contribution in [2.24, 2.45) is 5.92 Å². The second-order valence-electron chi connectivity index (χ2n) is 9.61. The van der Waals surface area contributed by atoms with E-state index < -0.39 is 40.7 Å². The highest BCUT2D eigenvalue weighted by Gasteiger charge is 2.43. The molecule has 2 atom stereocenters. The standard InChI is InChI=1S/C26H28O8/c1-26(2,3)34-11-15(27)12-9-14-19(17(10-12)33-5)25(31)21-20(23(14)29)22(28)13-7-6-8-16(32-4)18(13)24(21)30/h6-8,12,17,29,31H,9-11H2,1-5H3/t12?,17-/m0/s1. The second-order valence-corrected chi connectivity index (χ2v) is 9.61. The molecule has 0 radical (unpaired) electrons. The largest absolute Gasteiger partial charge is 0.507 e. The molecule has 8 nitrogen and oxygen atoms in total. The molecule has 2 N–H and O–H groups in total. The highest BCUT2D eigenvalue weighted by molar-refractivity contribution is 6.31. The molecule has 2 aromatic rings. The molecule has 0 aliphatic heterocycles. The number of rotatable bonds is 5. The molecule has 180 valence electrons. The lowest BCUT2D eigenvalue weighted by molar-refractivity contribution is -0.134. The predicted molar refractivity (Wildman–Crippen MR) is 122 cm³/mol. The lowest BCUT2D eigenvalue weighted by Gasteiger charge is -2.34. The predicted octanol–water partition coefficient (Wildman–Crippen LogP) is 3.52. The van der Waals surface area contributed by atoms with E-state index in [1.54, 1.807) is 12.1 Å². The first-order valence-electron chi connectivity index (χ1n) is 11.1. The monoisotopic (exact) mass is 468 g/mol. The van der Waals surface area contributed by atoms with E-state index in [0.29, 0.717) is 0 Å². The summed E-state index contributed by atoms with van der Waals surface area (Å²) in [5.41, 5.74) is -0.470. The topological polar surface area (TPSA) is 119 Å². The quantitative estimate of drug-likeness (QED) is 0.546. The SMILES string of the molecule is COc1cccc2c1C(=O)c1c(O)c3c(c(O)c1C2=O)CC(C(=O)COC(C)(C)C)C[C@@H]3OC. The molecule has 2 aliphatic rings. The zero-order chi connectivity index (χ0) is 24.9. The normalized spacial score (nSPS) is 19.3. The van der Waals surface area contributed by atoms with Crippen molar-refractivity contribution in [1.29, 1.82) is 0 Å². The van der Waals surface area contributed by atoms with E-state index in [1.807, 2.05) is 20.8 Å². The second kappa shape index (κ2) is 8.52. The van der Waals surface area contributed by atoms with Crippen LogP contribution in [0.4, 0.5) is 0 Å². The van der Waals surface area contributed by atoms with E-state index in [4.69, 9.17) is 14.2 Å². The summed E-state index contributed by atoms with van der Waals surface area (Å²) in [5.74, 6) is -2.57. The maximum atomic E-state index is 13.4. The lowest BCUT2D eigenvalue weighted by atomic mass is 9.73. The fourth-order valence-electron chi connectivity index (χ4n) is 4.74. The first-order chi connectivity index (χ1) is 16.0. The molecule has 0 aromatic heterocycles. The third-order valence-electron chi connectivity index (χ3n) is 6.42. The third kappa shape index (κ3) is 3.76. The van der Waals surface area contributed by atoms with Gasteiger partial charge >= 0.3 is 0 Å². The Morgan fingerprint density at radius 3 is 2.32 bits per heavy atom. The number of carbonyl (C=O) groups is 3. The number of ketones is 3. The summed E-state index contributed by atoms with van der Waals surface area (Å²) in [6.07, 6.45) is -0.435. The van der Waals surface area contributed by atoms with Crippen LogP contribution in [0, 0.1) is 5.92 Å². The van der Waals surface area contributed by atoms with E-state index >= 15 is 0 Å². The Hall–Kier alpha value is -3.23. The van der Waals surface area contributed by atoms with E-state index in [0.717, 1.165) is 0 Å². The Morgan fingerprint density at radius 2 is 1.71 bits per heavy atom. The van der Waals surface area contributed by atoms with Gasteiger partial charge in [-0.15, -0.1) is 0 Å². The minimum Gasteiger partial charge on any atom is -0.507 e. The van der Waals surface area contributed by atoms with Crippen LogP contribution in [0.25, 0.3) is 0 Å². The third-order valence-corrected chi connectivity index (χ3v) is 6.42. The van der Waals surface area contributed by atoms with Crippen molar-refractivity contribution >= 4 is 17.3 Å². The molecule has 0 bridgehead atoms. The fourth-order valence-corrected chi connectivity index (χ4v) is 4.74. The number of benzene rings is 2. The van der Waals surface area contributed by atoms with Gasteiger partial charge in [0.05, 0.1) is 35.5 Å². The van der Waals surface area contributed by atoms with Crippen molar-refractivity contribution < 1.29 is 38.8 Å². The molecular weight excluding hydrogens is 440 g/mol. The lowest BCUT2D eigenvalue weighted by Crippen LogP contribution is -2.33. The van der Waals surface area contributed by atoms with Crippen LogP contribution in [0.1, 0.15) is 76.3 Å². The number of phenols is 2. The Labute approximate surface area is 197 Å². The molecule has 1 unspecified atom stereocenters. The average Bonchev–Trinajstić information content (AvgIpc) is 2.81. The van der Waals surface area contributed by atoms with Crippen molar-refractivity contribution in [2.45, 2.75) is 45.3 Å². The Kier molecular flexibility index (Phi) is 5.99. The molecule has 2 aliphatic carbocycles. The molecule has 0 saturated carbocycles. The summed E-state index contributed by atoms with van der Waals surface area (Å²) in [6, 6.07) is 4.61. The highest BCUT2D eigenvalue weighted by atomic mass is 16.5. The van der Waals surface area contributed by atoms with Gasteiger partial charge < -0.3 is 24.4 Å². The van der Waals surface area contributed by atoms with E-state index in [2.05, 4.69) is 0 Å². The maximum Gasteiger partial charge on any atom is 0.202 e. The summed E-state index contributed by atoms with van der Waals surface area (Å²) in [7, 11) is 2.81. The molecule has 34 heavy (non-hydrogen) atoms. The number of phenolic OH excluding ortho intramolecular Hbond substituents is 2. The first-order valence-corrected chi connectivity index (χ1v) is 11.1. The Balaban J connectivity index is 1.84. The van der Waals surface area contributed by atoms with E-state index in [9.17, 15) is 24.6 Å². The molecule has 0 saturated heterocycles. The van der Waals surface area contributed by atoms with Gasteiger partial charge in [-0.05, 0) is 39.7 Å². The zero-order valence-electron chi connectivity index (χ0n) is 19.9. The summed E-state index contributed by atoms with van der Waals surface area (Å²) in [4.78, 5) is 39.7. The van der Waals surface area contributed by atoms with Crippen LogP contribution in [0.3, 0.4) is 0 Å². The van der Waals surface area contributed by atoms with Crippen LogP contribution in [-0.2, 0) is 20.7 Å². The molecule has 0 heterocycles. The Morgan fingerprint density at radius 1 is 1.03 bits per heavy atom. The van der Waals surface area contributed by atoms with Gasteiger partial charge in [-0.2, -0.15) is 0 Å². The van der Waals surface area contributed by atoms with Crippen molar-refractivity contribution in [1.82, 2.24) is 0 Å². The van der Waals surface area contributed by atoms with Gasteiger partial charge in [-0.25, -0.2) is 0 Å². The number of aromatic hydroxyl groups is 2. The van der Waals surface area contributed by atoms with Gasteiger partial charge in [-0.1, -0.05) is 12.1 Å². The van der Waals surface area contributed by atoms with E-state index in [1.165, 1.54) is 20.3 Å². The summed E-state index contributed by atoms with van der Waals surface area (Å²) in [6.45, 7) is 5.43. The van der Waals surface area contributed by atoms with Crippen LogP contribution in [0.15, 0.2) is 18.2 Å². The average molecular weight is 469 g/mol. The van der Waals surface area contributed by atoms with Gasteiger partial charge in [0, 0.05) is 29.7 Å². The number of hydrogen-bond donors (Lipinski definition) is 2. The van der Waals surface area contributed by atoms with Gasteiger partial charge in [0.25, 0.3) is 0 Å². The maximum absolute atomic E-state index is 13.4. The number of hydrogen-bond acceptors (Lipinski definition) is 8. The van der Waals surface area contributed by atoms with Crippen LogP contribution in [0.2, 0.25) is 0 Å². The van der Waals surface area contributed by atoms with Crippen molar-refractivity contribution in [3.05, 3.63) is 51.6 Å². The number of fused-ring (bicyclic) bond motifs is 3. The Bertz CT molecular complexity index is 1200. The number of ether oxygens (including phenoxy) is 3. The van der Waals surface area contributed by atoms with Crippen LogP contribution < -0.4 is 4.74 Å². The van der Waals surface area contributed by atoms with Gasteiger partial charge in [0.2, 0.25) is 5.78 Å². The van der Waals surface area contributed by atoms with Crippen LogP contribution in [0.5, 0.6) is 17.2 Å². The first kappa shape index (κ1) is 23.9. The molecular formula is C26H28O8. The number of Topliss-reactive ketones (excluding diaryl/α,β-unsaturated/α-hetero) is 1. The zero-order valence-corrected chi connectivity index (χ0v) is 19.9. The van der Waals surface area contributed by atoms with E-state index in [-0.39, 0.29) is 64.4 Å². The molecule has 8 heteroatoms. The van der Waals surface area contributed by atoms with Crippen LogP contribution >= 0.6 is 0 Å². The highest BCUT2D eigenvalue weighted by Crippen LogP contribution is 2.51. The molecule has 0 amide bonds. The van der Waals surface area contributed by atoms with Gasteiger partial charge in [-0.3, -0.25) is 14.4 Å². The summed E-state index contributed by atoms with van der Waals surface area (Å²) >= 11 is 0. The van der Waals surface area contributed by atoms with Crippen molar-refractivity contribution in [2.75, 3.05) is 20.8 Å². The number of methoxy groups -OCH3 is 2. The van der Waals surface area contributed by atoms with Gasteiger partial charge in [0.15, 0.2) is 11.6 Å². The molecule has 2 aromatic carbocycles. The smallest absolute Gasteiger partial charge is 0.202 e. The number of carbonyl (C=O) groups excluding carboxylic acids is 3. The molecule has 4 rings (SSSR count). The summed E-state index contributed by atoms with van der Waals surface area (Å²) < 4.78 is 16.5. The van der Waals surface area contributed by atoms with Crippen LogP contribution in [-0.4, -0.2) is 54.0 Å². The van der Waals surface area contributed by atoms with Gasteiger partial charge in [0.1, 0.15) is 23.9 Å². The summed E-state index contributed by atoms with van der Waals surface area (Å²) in [5, 5.41) is 22.4. The minimum atomic E-state index is -0.759. The van der Waals surface area contributed by atoms with Crippen molar-refractivity contribution in [3.63, 3.8) is 0 Å². The minimum absolute atomic E-state index is 0.0364. The van der Waals surface area contributed by atoms with Crippen molar-refractivity contribution in [3.8, 4) is 17.2 Å². The molecule has 0 spiro atoms.